The number of aromatic nitrogens is 3. The van der Waals surface area contributed by atoms with Crippen LogP contribution < -0.4 is 5.32 Å². The maximum Gasteiger partial charge on any atom is 0.191 e. The molecule has 0 bridgehead atoms. The fraction of sp³-hybridized carbons (Fsp3) is 0.600. The van der Waals surface area contributed by atoms with E-state index in [0.717, 1.165) is 49.1 Å². The van der Waals surface area contributed by atoms with Gasteiger partial charge in [-0.25, -0.2) is 4.98 Å². The average Bonchev–Trinajstić information content (AvgIpc) is 3.27. The van der Waals surface area contributed by atoms with E-state index in [2.05, 4.69) is 27.6 Å². The molecule has 0 aromatic carbocycles. The number of nitrogens with zero attached hydrogens (tertiary/aromatic N) is 2. The van der Waals surface area contributed by atoms with Gasteiger partial charge in [-0.2, -0.15) is 5.10 Å². The lowest BCUT2D eigenvalue weighted by Crippen LogP contribution is -2.15. The molecule has 2 fully saturated rings. The molecule has 6 heteroatoms. The molecule has 0 spiro atoms. The first-order valence-corrected chi connectivity index (χ1v) is 8.55. The molecule has 2 aromatic rings. The van der Waals surface area contributed by atoms with Crippen molar-refractivity contribution in [3.8, 4) is 10.7 Å². The molecular formula is C15H20N4OS. The van der Waals surface area contributed by atoms with E-state index in [1.807, 2.05) is 11.3 Å². The lowest BCUT2D eigenvalue weighted by atomic mass is 10.00. The summed E-state index contributed by atoms with van der Waals surface area (Å²) >= 11 is 1.81. The predicted octanol–water partition coefficient (Wildman–Crippen LogP) is 2.85. The van der Waals surface area contributed by atoms with Crippen molar-refractivity contribution in [1.82, 2.24) is 20.5 Å². The molecule has 2 N–H and O–H groups in total. The smallest absolute Gasteiger partial charge is 0.191 e. The van der Waals surface area contributed by atoms with Gasteiger partial charge in [0.1, 0.15) is 5.82 Å². The molecule has 0 amide bonds. The minimum atomic E-state index is 0.468. The van der Waals surface area contributed by atoms with Crippen molar-refractivity contribution in [1.29, 1.82) is 0 Å². The van der Waals surface area contributed by atoms with E-state index in [9.17, 15) is 0 Å². The molecule has 0 saturated carbocycles. The molecule has 2 aromatic heterocycles. The minimum absolute atomic E-state index is 0.468. The summed E-state index contributed by atoms with van der Waals surface area (Å²) in [6, 6.07) is 4.89. The van der Waals surface area contributed by atoms with E-state index in [0.29, 0.717) is 12.0 Å². The second kappa shape index (κ2) is 5.87. The summed E-state index contributed by atoms with van der Waals surface area (Å²) in [5.41, 5.74) is 0. The number of nitrogens with one attached hydrogen (secondary N) is 2. The van der Waals surface area contributed by atoms with Crippen molar-refractivity contribution >= 4 is 11.3 Å². The van der Waals surface area contributed by atoms with Crippen molar-refractivity contribution in [2.24, 2.45) is 0 Å². The first-order valence-electron chi connectivity index (χ1n) is 7.74. The normalized spacial score (nSPS) is 23.7. The van der Waals surface area contributed by atoms with Crippen LogP contribution in [0.15, 0.2) is 12.1 Å². The summed E-state index contributed by atoms with van der Waals surface area (Å²) in [6.45, 7) is 2.79. The third-order valence-corrected chi connectivity index (χ3v) is 5.56. The zero-order valence-corrected chi connectivity index (χ0v) is 12.8. The van der Waals surface area contributed by atoms with Gasteiger partial charge in [0, 0.05) is 30.1 Å². The molecule has 2 aliphatic rings. The Morgan fingerprint density at radius 2 is 2.10 bits per heavy atom. The van der Waals surface area contributed by atoms with Crippen LogP contribution in [0.3, 0.4) is 0 Å². The zero-order valence-electron chi connectivity index (χ0n) is 12.0. The van der Waals surface area contributed by atoms with Crippen molar-refractivity contribution in [2.45, 2.75) is 37.6 Å². The van der Waals surface area contributed by atoms with Gasteiger partial charge in [0.2, 0.25) is 0 Å². The number of hydrogen-bond acceptors (Lipinski definition) is 5. The van der Waals surface area contributed by atoms with E-state index >= 15 is 0 Å². The Morgan fingerprint density at radius 1 is 1.19 bits per heavy atom. The van der Waals surface area contributed by atoms with E-state index in [4.69, 9.17) is 9.72 Å². The largest absolute Gasteiger partial charge is 0.381 e. The van der Waals surface area contributed by atoms with E-state index in [-0.39, 0.29) is 0 Å². The van der Waals surface area contributed by atoms with Crippen LogP contribution in [0.5, 0.6) is 0 Å². The number of rotatable bonds is 3. The third-order valence-electron chi connectivity index (χ3n) is 4.36. The minimum Gasteiger partial charge on any atom is -0.381 e. The Hall–Kier alpha value is -1.24. The van der Waals surface area contributed by atoms with Crippen molar-refractivity contribution in [3.05, 3.63) is 22.8 Å². The molecule has 2 saturated heterocycles. The number of ether oxygens (including phenoxy) is 1. The molecule has 0 radical (unpaired) electrons. The summed E-state index contributed by atoms with van der Waals surface area (Å²) in [4.78, 5) is 7.28. The second-order valence-corrected chi connectivity index (χ2v) is 6.90. The van der Waals surface area contributed by atoms with Crippen LogP contribution in [0.2, 0.25) is 0 Å². The fourth-order valence-electron chi connectivity index (χ4n) is 3.13. The number of thiophene rings is 1. The summed E-state index contributed by atoms with van der Waals surface area (Å²) in [5.74, 6) is 2.32. The second-order valence-electron chi connectivity index (χ2n) is 5.78. The SMILES string of the molecule is c1cc([C@H]2CCCN2)sc1-c1n[nH]c(C2CCOCC2)n1. The topological polar surface area (TPSA) is 62.8 Å². The molecule has 2 aliphatic heterocycles. The Labute approximate surface area is 128 Å². The molecule has 4 heterocycles. The molecule has 112 valence electrons. The van der Waals surface area contributed by atoms with Gasteiger partial charge < -0.3 is 10.1 Å². The highest BCUT2D eigenvalue weighted by molar-refractivity contribution is 7.15. The van der Waals surface area contributed by atoms with Crippen LogP contribution in [0.1, 0.15) is 48.3 Å². The zero-order chi connectivity index (χ0) is 14.1. The molecule has 0 unspecified atom stereocenters. The molecule has 4 rings (SSSR count). The van der Waals surface area contributed by atoms with Gasteiger partial charge in [0.15, 0.2) is 5.82 Å². The molecule has 1 atom stereocenters. The molecule has 0 aliphatic carbocycles. The van der Waals surface area contributed by atoms with Crippen LogP contribution in [0.4, 0.5) is 0 Å². The monoisotopic (exact) mass is 304 g/mol. The van der Waals surface area contributed by atoms with E-state index in [1.165, 1.54) is 17.7 Å². The summed E-state index contributed by atoms with van der Waals surface area (Å²) in [6.07, 6.45) is 4.58. The first kappa shape index (κ1) is 13.4. The Balaban J connectivity index is 1.52. The first-order chi connectivity index (χ1) is 10.4. The summed E-state index contributed by atoms with van der Waals surface area (Å²) in [7, 11) is 0. The maximum absolute atomic E-state index is 5.41. The van der Waals surface area contributed by atoms with Crippen molar-refractivity contribution < 1.29 is 4.74 Å². The predicted molar refractivity (Wildman–Crippen MR) is 82.5 cm³/mol. The number of aromatic amines is 1. The maximum atomic E-state index is 5.41. The summed E-state index contributed by atoms with van der Waals surface area (Å²) < 4.78 is 5.41. The average molecular weight is 304 g/mol. The van der Waals surface area contributed by atoms with Gasteiger partial charge in [-0.15, -0.1) is 11.3 Å². The van der Waals surface area contributed by atoms with E-state index < -0.39 is 0 Å². The van der Waals surface area contributed by atoms with Crippen LogP contribution in [0, 0.1) is 0 Å². The highest BCUT2D eigenvalue weighted by Gasteiger charge is 2.22. The lowest BCUT2D eigenvalue weighted by molar-refractivity contribution is 0.0836. The van der Waals surface area contributed by atoms with Gasteiger partial charge in [-0.05, 0) is 44.4 Å². The van der Waals surface area contributed by atoms with Gasteiger partial charge in [-0.1, -0.05) is 0 Å². The van der Waals surface area contributed by atoms with Crippen molar-refractivity contribution in [2.75, 3.05) is 19.8 Å². The van der Waals surface area contributed by atoms with Crippen LogP contribution in [-0.2, 0) is 4.74 Å². The van der Waals surface area contributed by atoms with E-state index in [1.54, 1.807) is 0 Å². The Kier molecular flexibility index (Phi) is 3.75. The Morgan fingerprint density at radius 3 is 2.90 bits per heavy atom. The highest BCUT2D eigenvalue weighted by atomic mass is 32.1. The molecular weight excluding hydrogens is 284 g/mol. The standard InChI is InChI=1S/C15H20N4OS/c1-2-11(16-7-1)12-3-4-13(21-12)15-17-14(18-19-15)10-5-8-20-9-6-10/h3-4,10-11,16H,1-2,5-9H2,(H,17,18,19)/t11-/m1/s1. The van der Waals surface area contributed by atoms with Crippen LogP contribution in [-0.4, -0.2) is 34.9 Å². The van der Waals surface area contributed by atoms with Crippen LogP contribution >= 0.6 is 11.3 Å². The van der Waals surface area contributed by atoms with Crippen molar-refractivity contribution in [3.63, 3.8) is 0 Å². The lowest BCUT2D eigenvalue weighted by Gasteiger charge is -2.19. The molecule has 5 nitrogen and oxygen atoms in total. The third kappa shape index (κ3) is 2.75. The Bertz CT molecular complexity index is 596. The molecule has 21 heavy (non-hydrogen) atoms. The van der Waals surface area contributed by atoms with Gasteiger partial charge >= 0.3 is 0 Å². The van der Waals surface area contributed by atoms with Gasteiger partial charge in [0.05, 0.1) is 4.88 Å². The van der Waals surface area contributed by atoms with Crippen LogP contribution in [0.25, 0.3) is 10.7 Å². The number of hydrogen-bond donors (Lipinski definition) is 2. The quantitative estimate of drug-likeness (QED) is 0.915. The highest BCUT2D eigenvalue weighted by Crippen LogP contribution is 2.34. The van der Waals surface area contributed by atoms with Gasteiger partial charge in [-0.3, -0.25) is 5.10 Å². The summed E-state index contributed by atoms with van der Waals surface area (Å²) in [5, 5.41) is 11.1. The van der Waals surface area contributed by atoms with Gasteiger partial charge in [0.25, 0.3) is 0 Å². The fourth-order valence-corrected chi connectivity index (χ4v) is 4.18. The number of H-pyrrole nitrogens is 1.